The van der Waals surface area contributed by atoms with Crippen LogP contribution in [0.3, 0.4) is 0 Å². The number of nitrogens with zero attached hydrogens (tertiary/aromatic N) is 3. The second-order valence-electron chi connectivity index (χ2n) is 9.34. The smallest absolute Gasteiger partial charge is 0.275 e. The molecule has 0 spiro atoms. The topological polar surface area (TPSA) is 55.2 Å². The molecular formula is C26H31N3O2. The Morgan fingerprint density at radius 2 is 1.68 bits per heavy atom. The maximum Gasteiger partial charge on any atom is 0.275 e. The van der Waals surface area contributed by atoms with Gasteiger partial charge in [0.15, 0.2) is 5.69 Å². The lowest BCUT2D eigenvalue weighted by molar-refractivity contribution is 0.0723. The fourth-order valence-corrected chi connectivity index (χ4v) is 3.96. The van der Waals surface area contributed by atoms with E-state index in [0.717, 1.165) is 18.4 Å². The predicted molar refractivity (Wildman–Crippen MR) is 124 cm³/mol. The number of carbonyl (C=O) groups is 1. The largest absolute Gasteiger partial charge is 0.330 e. The minimum Gasteiger partial charge on any atom is -0.330 e. The Bertz CT molecular complexity index is 1140. The van der Waals surface area contributed by atoms with Crippen molar-refractivity contribution in [1.29, 1.82) is 0 Å². The van der Waals surface area contributed by atoms with Crippen molar-refractivity contribution in [3.8, 4) is 0 Å². The molecular weight excluding hydrogens is 386 g/mol. The van der Waals surface area contributed by atoms with Gasteiger partial charge in [-0.15, -0.1) is 0 Å². The third-order valence-corrected chi connectivity index (χ3v) is 5.86. The molecule has 1 aliphatic rings. The number of benzene rings is 2. The number of hydrogen-bond acceptors (Lipinski definition) is 3. The Balaban J connectivity index is 1.72. The molecule has 0 unspecified atom stereocenters. The van der Waals surface area contributed by atoms with Gasteiger partial charge in [-0.25, -0.2) is 4.68 Å². The lowest BCUT2D eigenvalue weighted by Crippen LogP contribution is -2.36. The number of fused-ring (bicyclic) bond motifs is 1. The van der Waals surface area contributed by atoms with E-state index in [4.69, 9.17) is 0 Å². The molecule has 3 aromatic rings. The molecule has 1 heterocycles. The zero-order chi connectivity index (χ0) is 22.1. The van der Waals surface area contributed by atoms with Crippen LogP contribution in [-0.2, 0) is 13.1 Å². The van der Waals surface area contributed by atoms with Gasteiger partial charge in [0.05, 0.1) is 5.39 Å². The van der Waals surface area contributed by atoms with Crippen LogP contribution in [-0.4, -0.2) is 26.6 Å². The number of amides is 1. The van der Waals surface area contributed by atoms with Crippen molar-refractivity contribution in [2.75, 3.05) is 0 Å². The lowest BCUT2D eigenvalue weighted by atomic mass is 10.0. The number of hydrogen-bond donors (Lipinski definition) is 0. The zero-order valence-corrected chi connectivity index (χ0v) is 18.8. The van der Waals surface area contributed by atoms with Gasteiger partial charge in [0, 0.05) is 24.5 Å². The molecule has 0 bridgehead atoms. The third-order valence-electron chi connectivity index (χ3n) is 5.86. The summed E-state index contributed by atoms with van der Waals surface area (Å²) in [5.41, 5.74) is 2.65. The minimum atomic E-state index is -0.136. The summed E-state index contributed by atoms with van der Waals surface area (Å²) in [6.07, 6.45) is 2.03. The summed E-state index contributed by atoms with van der Waals surface area (Å²) < 4.78 is 1.46. The average Bonchev–Trinajstić information content (AvgIpc) is 3.59. The average molecular weight is 418 g/mol. The highest BCUT2D eigenvalue weighted by Crippen LogP contribution is 2.31. The van der Waals surface area contributed by atoms with E-state index in [2.05, 4.69) is 43.2 Å². The van der Waals surface area contributed by atoms with E-state index >= 15 is 0 Å². The predicted octanol–water partition coefficient (Wildman–Crippen LogP) is 4.98. The normalized spacial score (nSPS) is 13.9. The molecule has 0 saturated heterocycles. The molecule has 5 nitrogen and oxygen atoms in total. The van der Waals surface area contributed by atoms with Gasteiger partial charge in [-0.05, 0) is 41.9 Å². The van der Waals surface area contributed by atoms with E-state index in [1.807, 2.05) is 36.9 Å². The van der Waals surface area contributed by atoms with E-state index < -0.39 is 0 Å². The number of aromatic nitrogens is 2. The second-order valence-corrected chi connectivity index (χ2v) is 9.34. The van der Waals surface area contributed by atoms with E-state index in [0.29, 0.717) is 35.5 Å². The van der Waals surface area contributed by atoms with Gasteiger partial charge in [-0.2, -0.15) is 5.10 Å². The third kappa shape index (κ3) is 4.55. The van der Waals surface area contributed by atoms with Crippen LogP contribution in [0.4, 0.5) is 0 Å². The van der Waals surface area contributed by atoms with Gasteiger partial charge < -0.3 is 4.90 Å². The first-order chi connectivity index (χ1) is 14.8. The molecule has 0 radical (unpaired) electrons. The Morgan fingerprint density at radius 1 is 1.03 bits per heavy atom. The Labute approximate surface area is 183 Å². The van der Waals surface area contributed by atoms with Gasteiger partial charge in [-0.3, -0.25) is 9.59 Å². The Morgan fingerprint density at radius 3 is 2.26 bits per heavy atom. The van der Waals surface area contributed by atoms with E-state index in [9.17, 15) is 9.59 Å². The van der Waals surface area contributed by atoms with Gasteiger partial charge in [0.25, 0.3) is 11.5 Å². The van der Waals surface area contributed by atoms with Crippen molar-refractivity contribution in [3.63, 3.8) is 0 Å². The van der Waals surface area contributed by atoms with E-state index in [1.54, 1.807) is 6.07 Å². The van der Waals surface area contributed by atoms with Crippen LogP contribution < -0.4 is 5.56 Å². The first-order valence-electron chi connectivity index (χ1n) is 11.2. The second kappa shape index (κ2) is 8.66. The monoisotopic (exact) mass is 417 g/mol. The highest BCUT2D eigenvalue weighted by molar-refractivity contribution is 6.05. The maximum absolute atomic E-state index is 13.7. The number of rotatable bonds is 7. The van der Waals surface area contributed by atoms with E-state index in [-0.39, 0.29) is 23.4 Å². The molecule has 162 valence electrons. The molecule has 0 atom stereocenters. The highest BCUT2D eigenvalue weighted by Gasteiger charge is 2.34. The van der Waals surface area contributed by atoms with E-state index in [1.165, 1.54) is 10.2 Å². The lowest BCUT2D eigenvalue weighted by Gasteiger charge is -2.23. The van der Waals surface area contributed by atoms with Crippen LogP contribution in [0.1, 0.15) is 68.1 Å². The Hall–Kier alpha value is -2.95. The Kier molecular flexibility index (Phi) is 5.94. The summed E-state index contributed by atoms with van der Waals surface area (Å²) in [6.45, 7) is 9.49. The van der Waals surface area contributed by atoms with Crippen LogP contribution in [0.25, 0.3) is 10.8 Å². The fraction of sp³-hybridized carbons (Fsp3) is 0.423. The fourth-order valence-electron chi connectivity index (χ4n) is 3.96. The van der Waals surface area contributed by atoms with Crippen molar-refractivity contribution in [1.82, 2.24) is 14.7 Å². The molecule has 0 N–H and O–H groups in total. The molecule has 5 heteroatoms. The van der Waals surface area contributed by atoms with Gasteiger partial charge >= 0.3 is 0 Å². The first kappa shape index (κ1) is 21.3. The van der Waals surface area contributed by atoms with Crippen LogP contribution in [0.15, 0.2) is 53.3 Å². The summed E-state index contributed by atoms with van der Waals surface area (Å²) in [4.78, 5) is 28.6. The molecule has 31 heavy (non-hydrogen) atoms. The van der Waals surface area contributed by atoms with Crippen molar-refractivity contribution in [2.24, 2.45) is 5.92 Å². The van der Waals surface area contributed by atoms with Crippen molar-refractivity contribution in [2.45, 2.75) is 65.6 Å². The molecule has 1 fully saturated rings. The summed E-state index contributed by atoms with van der Waals surface area (Å²) in [5, 5.41) is 5.76. The summed E-state index contributed by atoms with van der Waals surface area (Å²) >= 11 is 0. The van der Waals surface area contributed by atoms with Gasteiger partial charge in [0.1, 0.15) is 0 Å². The zero-order valence-electron chi connectivity index (χ0n) is 18.8. The van der Waals surface area contributed by atoms with Crippen molar-refractivity contribution in [3.05, 3.63) is 75.7 Å². The van der Waals surface area contributed by atoms with Crippen LogP contribution in [0, 0.1) is 5.92 Å². The summed E-state index contributed by atoms with van der Waals surface area (Å²) in [5.74, 6) is 0.644. The molecule has 2 aromatic carbocycles. The number of carbonyl (C=O) groups excluding carboxylic acids is 1. The maximum atomic E-state index is 13.7. The first-order valence-corrected chi connectivity index (χ1v) is 11.2. The van der Waals surface area contributed by atoms with Crippen molar-refractivity contribution >= 4 is 16.7 Å². The molecule has 1 saturated carbocycles. The highest BCUT2D eigenvalue weighted by atomic mass is 16.2. The standard InChI is InChI=1S/C26H31N3O2/c1-17(2)15-29-25(30)23-8-6-5-7-22(23)24(27-29)26(31)28(21-13-14-21)16-19-9-11-20(12-10-19)18(3)4/h5-12,17-18,21H,13-16H2,1-4H3. The van der Waals surface area contributed by atoms with Gasteiger partial charge in [-0.1, -0.05) is 70.2 Å². The van der Waals surface area contributed by atoms with Gasteiger partial charge in [0.2, 0.25) is 0 Å². The molecule has 1 aliphatic carbocycles. The SMILES string of the molecule is CC(C)Cn1nc(C(=O)N(Cc2ccc(C(C)C)cc2)C2CC2)c2ccccc2c1=O. The molecule has 1 aromatic heterocycles. The summed E-state index contributed by atoms with van der Waals surface area (Å²) in [6, 6.07) is 16.1. The van der Waals surface area contributed by atoms with Crippen LogP contribution in [0.2, 0.25) is 0 Å². The quantitative estimate of drug-likeness (QED) is 0.545. The molecule has 1 amide bonds. The van der Waals surface area contributed by atoms with Crippen LogP contribution >= 0.6 is 0 Å². The van der Waals surface area contributed by atoms with Crippen molar-refractivity contribution < 1.29 is 4.79 Å². The minimum absolute atomic E-state index is 0.0934. The summed E-state index contributed by atoms with van der Waals surface area (Å²) in [7, 11) is 0. The molecule has 4 rings (SSSR count). The molecule has 0 aliphatic heterocycles. The van der Waals surface area contributed by atoms with Crippen LogP contribution in [0.5, 0.6) is 0 Å².